The van der Waals surface area contributed by atoms with Crippen molar-refractivity contribution < 1.29 is 14.1 Å². The van der Waals surface area contributed by atoms with E-state index in [0.717, 1.165) is 12.1 Å². The first kappa shape index (κ1) is 13.6. The molecule has 0 bridgehead atoms. The maximum Gasteiger partial charge on any atom is 0.259 e. The van der Waals surface area contributed by atoms with Crippen LogP contribution in [-0.4, -0.2) is 40.1 Å². The van der Waals surface area contributed by atoms with E-state index in [9.17, 15) is 4.79 Å². The van der Waals surface area contributed by atoms with Crippen LogP contribution >= 0.6 is 0 Å². The van der Waals surface area contributed by atoms with E-state index in [1.165, 1.54) is 6.20 Å². The third-order valence-electron chi connectivity index (χ3n) is 3.56. The van der Waals surface area contributed by atoms with Crippen LogP contribution in [0.25, 0.3) is 0 Å². The summed E-state index contributed by atoms with van der Waals surface area (Å²) in [6.07, 6.45) is 2.24. The van der Waals surface area contributed by atoms with Crippen LogP contribution in [0.4, 0.5) is 0 Å². The molecule has 21 heavy (non-hydrogen) atoms. The molecule has 1 fully saturated rings. The van der Waals surface area contributed by atoms with Gasteiger partial charge in [-0.05, 0) is 19.9 Å². The molecule has 2 aromatic rings. The Kier molecular flexibility index (Phi) is 3.60. The number of carbonyl (C=O) groups is 1. The van der Waals surface area contributed by atoms with Crippen molar-refractivity contribution >= 4 is 5.91 Å². The molecule has 2 aromatic heterocycles. The molecule has 0 radical (unpaired) electrons. The Morgan fingerprint density at radius 1 is 1.43 bits per heavy atom. The van der Waals surface area contributed by atoms with Crippen LogP contribution in [0, 0.1) is 13.8 Å². The number of aromatic nitrogens is 2. The highest BCUT2D eigenvalue weighted by Gasteiger charge is 2.30. The molecule has 1 atom stereocenters. The summed E-state index contributed by atoms with van der Waals surface area (Å²) in [5.74, 6) is 1.09. The van der Waals surface area contributed by atoms with Crippen LogP contribution in [-0.2, 0) is 0 Å². The first-order chi connectivity index (χ1) is 10.1. The van der Waals surface area contributed by atoms with E-state index in [-0.39, 0.29) is 12.0 Å². The summed E-state index contributed by atoms with van der Waals surface area (Å²) in [4.78, 5) is 18.4. The summed E-state index contributed by atoms with van der Waals surface area (Å²) in [5, 5.41) is 3.65. The summed E-state index contributed by atoms with van der Waals surface area (Å²) >= 11 is 0. The van der Waals surface area contributed by atoms with Gasteiger partial charge in [-0.15, -0.1) is 0 Å². The third-order valence-corrected chi connectivity index (χ3v) is 3.56. The summed E-state index contributed by atoms with van der Waals surface area (Å²) in [5.41, 5.74) is 1.43. The molecule has 6 nitrogen and oxygen atoms in total. The van der Waals surface area contributed by atoms with Crippen LogP contribution in [0.1, 0.15) is 28.2 Å². The SMILES string of the molecule is Cc1cccc(O[C@H]2CCN(C(=O)c3cnoc3C)C2)n1. The Bertz CT molecular complexity index is 653. The topological polar surface area (TPSA) is 68.5 Å². The lowest BCUT2D eigenvalue weighted by atomic mass is 10.2. The fourth-order valence-corrected chi connectivity index (χ4v) is 2.44. The lowest BCUT2D eigenvalue weighted by Crippen LogP contribution is -2.31. The minimum Gasteiger partial charge on any atom is -0.472 e. The van der Waals surface area contributed by atoms with Gasteiger partial charge in [0.05, 0.1) is 12.7 Å². The van der Waals surface area contributed by atoms with Crippen molar-refractivity contribution in [1.82, 2.24) is 15.0 Å². The predicted molar refractivity (Wildman–Crippen MR) is 75.2 cm³/mol. The molecular formula is C15H17N3O3. The summed E-state index contributed by atoms with van der Waals surface area (Å²) in [6.45, 7) is 4.88. The van der Waals surface area contributed by atoms with Crippen LogP contribution < -0.4 is 4.74 Å². The number of hydrogen-bond donors (Lipinski definition) is 0. The molecule has 1 saturated heterocycles. The number of hydrogen-bond acceptors (Lipinski definition) is 5. The Morgan fingerprint density at radius 2 is 2.29 bits per heavy atom. The molecule has 6 heteroatoms. The van der Waals surface area contributed by atoms with Crippen molar-refractivity contribution in [1.29, 1.82) is 0 Å². The van der Waals surface area contributed by atoms with E-state index in [0.29, 0.717) is 30.3 Å². The Hall–Kier alpha value is -2.37. The molecule has 1 aliphatic rings. The normalized spacial score (nSPS) is 18.0. The minimum absolute atomic E-state index is 0.0246. The predicted octanol–water partition coefficient (Wildman–Crippen LogP) is 1.98. The zero-order valence-corrected chi connectivity index (χ0v) is 12.1. The van der Waals surface area contributed by atoms with Crippen molar-refractivity contribution in [2.75, 3.05) is 13.1 Å². The smallest absolute Gasteiger partial charge is 0.259 e. The van der Waals surface area contributed by atoms with Crippen LogP contribution in [0.5, 0.6) is 5.88 Å². The molecule has 0 aromatic carbocycles. The van der Waals surface area contributed by atoms with Crippen LogP contribution in [0.15, 0.2) is 28.9 Å². The van der Waals surface area contributed by atoms with Gasteiger partial charge in [0.15, 0.2) is 0 Å². The van der Waals surface area contributed by atoms with E-state index in [1.807, 2.05) is 25.1 Å². The first-order valence-electron chi connectivity index (χ1n) is 6.94. The van der Waals surface area contributed by atoms with Crippen molar-refractivity contribution in [2.24, 2.45) is 0 Å². The number of ether oxygens (including phenoxy) is 1. The molecular weight excluding hydrogens is 270 g/mol. The number of carbonyl (C=O) groups excluding carboxylic acids is 1. The number of likely N-dealkylation sites (tertiary alicyclic amines) is 1. The maximum atomic E-state index is 12.3. The van der Waals surface area contributed by atoms with Gasteiger partial charge >= 0.3 is 0 Å². The summed E-state index contributed by atoms with van der Waals surface area (Å²) < 4.78 is 10.8. The average molecular weight is 287 g/mol. The van der Waals surface area contributed by atoms with Gasteiger partial charge in [0.25, 0.3) is 5.91 Å². The van der Waals surface area contributed by atoms with Gasteiger partial charge in [0.2, 0.25) is 5.88 Å². The molecule has 0 N–H and O–H groups in total. The van der Waals surface area contributed by atoms with E-state index in [2.05, 4.69) is 10.1 Å². The van der Waals surface area contributed by atoms with Crippen molar-refractivity contribution in [2.45, 2.75) is 26.4 Å². The van der Waals surface area contributed by atoms with Crippen LogP contribution in [0.2, 0.25) is 0 Å². The summed E-state index contributed by atoms with van der Waals surface area (Å²) in [6, 6.07) is 5.67. The molecule has 0 aliphatic carbocycles. The highest BCUT2D eigenvalue weighted by molar-refractivity contribution is 5.94. The molecule has 110 valence electrons. The standard InChI is InChI=1S/C15H17N3O3/c1-10-4-3-5-14(17-10)20-12-6-7-18(9-12)15(19)13-8-16-21-11(13)2/h3-5,8,12H,6-7,9H2,1-2H3/t12-/m0/s1. The van der Waals surface area contributed by atoms with Gasteiger partial charge in [-0.1, -0.05) is 11.2 Å². The monoisotopic (exact) mass is 287 g/mol. The van der Waals surface area contributed by atoms with Crippen molar-refractivity contribution in [3.8, 4) is 5.88 Å². The summed E-state index contributed by atoms with van der Waals surface area (Å²) in [7, 11) is 0. The minimum atomic E-state index is -0.0583. The second-order valence-electron chi connectivity index (χ2n) is 5.19. The highest BCUT2D eigenvalue weighted by Crippen LogP contribution is 2.19. The Balaban J connectivity index is 1.63. The van der Waals surface area contributed by atoms with E-state index < -0.39 is 0 Å². The lowest BCUT2D eigenvalue weighted by molar-refractivity contribution is 0.0769. The van der Waals surface area contributed by atoms with Gasteiger partial charge in [0.1, 0.15) is 17.4 Å². The Labute approximate surface area is 122 Å². The molecule has 3 rings (SSSR count). The molecule has 1 amide bonds. The number of aryl methyl sites for hydroxylation is 2. The fourth-order valence-electron chi connectivity index (χ4n) is 2.44. The zero-order chi connectivity index (χ0) is 14.8. The molecule has 1 aliphatic heterocycles. The maximum absolute atomic E-state index is 12.3. The average Bonchev–Trinajstić information content (AvgIpc) is 3.07. The second kappa shape index (κ2) is 5.55. The molecule has 0 spiro atoms. The molecule has 3 heterocycles. The number of nitrogens with zero attached hydrogens (tertiary/aromatic N) is 3. The van der Waals surface area contributed by atoms with E-state index in [1.54, 1.807) is 11.8 Å². The van der Waals surface area contributed by atoms with Crippen LogP contribution in [0.3, 0.4) is 0 Å². The van der Waals surface area contributed by atoms with E-state index in [4.69, 9.17) is 9.26 Å². The van der Waals surface area contributed by atoms with Gasteiger partial charge in [-0.2, -0.15) is 0 Å². The second-order valence-corrected chi connectivity index (χ2v) is 5.19. The highest BCUT2D eigenvalue weighted by atomic mass is 16.5. The van der Waals surface area contributed by atoms with Gasteiger partial charge in [0, 0.05) is 24.7 Å². The molecule has 0 unspecified atom stereocenters. The molecule has 0 saturated carbocycles. The Morgan fingerprint density at radius 3 is 3.00 bits per heavy atom. The largest absolute Gasteiger partial charge is 0.472 e. The first-order valence-corrected chi connectivity index (χ1v) is 6.94. The van der Waals surface area contributed by atoms with Crippen molar-refractivity contribution in [3.63, 3.8) is 0 Å². The van der Waals surface area contributed by atoms with Gasteiger partial charge in [-0.3, -0.25) is 4.79 Å². The number of pyridine rings is 1. The van der Waals surface area contributed by atoms with E-state index >= 15 is 0 Å². The lowest BCUT2D eigenvalue weighted by Gasteiger charge is -2.16. The third kappa shape index (κ3) is 2.89. The van der Waals surface area contributed by atoms with Gasteiger partial charge in [-0.25, -0.2) is 4.98 Å². The fraction of sp³-hybridized carbons (Fsp3) is 0.400. The quantitative estimate of drug-likeness (QED) is 0.863. The van der Waals surface area contributed by atoms with Gasteiger partial charge < -0.3 is 14.2 Å². The zero-order valence-electron chi connectivity index (χ0n) is 12.1. The number of rotatable bonds is 3. The van der Waals surface area contributed by atoms with Crippen molar-refractivity contribution in [3.05, 3.63) is 41.4 Å². The number of amides is 1.